The average Bonchev–Trinajstić information content (AvgIpc) is 3.51. The predicted molar refractivity (Wildman–Crippen MR) is 123 cm³/mol. The summed E-state index contributed by atoms with van der Waals surface area (Å²) in [4.78, 5) is 20.7. The number of nitrogens with two attached hydrogens (primary N) is 1. The molecule has 3 aromatic rings. The Bertz CT molecular complexity index is 1230. The van der Waals surface area contributed by atoms with E-state index in [1.54, 1.807) is 18.5 Å². The Morgan fingerprint density at radius 1 is 1.29 bits per heavy atom. The smallest absolute Gasteiger partial charge is 0.248 e. The first-order valence-corrected chi connectivity index (χ1v) is 12.5. The summed E-state index contributed by atoms with van der Waals surface area (Å²) in [6.45, 7) is 4.01. The second-order valence-electron chi connectivity index (χ2n) is 7.80. The average molecular weight is 457 g/mol. The Morgan fingerprint density at radius 3 is 2.71 bits per heavy atom. The highest BCUT2D eigenvalue weighted by atomic mass is 32.2. The predicted octanol–water partition coefficient (Wildman–Crippen LogP) is 4.06. The molecular weight excluding hydrogens is 432 g/mol. The Balaban J connectivity index is 1.75. The Labute approximate surface area is 185 Å². The lowest BCUT2D eigenvalue weighted by Crippen LogP contribution is -2.17. The molecule has 1 fully saturated rings. The number of aryl methyl sites for hydroxylation is 1. The molecule has 1 aromatic carbocycles. The molecule has 2 aromatic heterocycles. The third-order valence-corrected chi connectivity index (χ3v) is 8.11. The first-order valence-electron chi connectivity index (χ1n) is 10.1. The molecule has 2 heterocycles. The highest BCUT2D eigenvalue weighted by Crippen LogP contribution is 2.38. The van der Waals surface area contributed by atoms with Crippen LogP contribution in [0.5, 0.6) is 0 Å². The van der Waals surface area contributed by atoms with Crippen molar-refractivity contribution >= 4 is 32.4 Å². The molecule has 0 saturated heterocycles. The second-order valence-corrected chi connectivity index (χ2v) is 10.6. The third kappa shape index (κ3) is 4.62. The van der Waals surface area contributed by atoms with E-state index >= 15 is 0 Å². The molecule has 3 N–H and O–H groups in total. The van der Waals surface area contributed by atoms with E-state index in [4.69, 9.17) is 5.73 Å². The molecule has 7 nitrogen and oxygen atoms in total. The Morgan fingerprint density at radius 2 is 2.06 bits per heavy atom. The highest BCUT2D eigenvalue weighted by Gasteiger charge is 2.36. The summed E-state index contributed by atoms with van der Waals surface area (Å²) in [6.07, 6.45) is 5.68. The summed E-state index contributed by atoms with van der Waals surface area (Å²) in [5, 5.41) is 1.92. The molecule has 4 rings (SSSR count). The molecule has 0 spiro atoms. The number of hydrogen-bond acceptors (Lipinski definition) is 6. The van der Waals surface area contributed by atoms with Crippen molar-refractivity contribution in [1.29, 1.82) is 0 Å². The zero-order valence-electron chi connectivity index (χ0n) is 17.3. The fourth-order valence-corrected chi connectivity index (χ4v) is 6.00. The van der Waals surface area contributed by atoms with Crippen LogP contribution >= 0.6 is 11.3 Å². The number of rotatable bonds is 8. The lowest BCUT2D eigenvalue weighted by atomic mass is 9.86. The first kappa shape index (κ1) is 21.5. The Hall–Kier alpha value is -2.78. The molecule has 1 unspecified atom stereocenters. The number of nitrogens with one attached hydrogen (secondary N) is 1. The molecule has 0 radical (unpaired) electrons. The summed E-state index contributed by atoms with van der Waals surface area (Å²) >= 11 is 1.27. The van der Waals surface area contributed by atoms with Crippen molar-refractivity contribution in [2.24, 2.45) is 5.73 Å². The van der Waals surface area contributed by atoms with Crippen LogP contribution in [0.1, 0.15) is 59.3 Å². The maximum absolute atomic E-state index is 12.3. The van der Waals surface area contributed by atoms with Gasteiger partial charge < -0.3 is 5.73 Å². The number of amides is 1. The van der Waals surface area contributed by atoms with Crippen molar-refractivity contribution in [2.75, 3.05) is 4.72 Å². The number of aromatic nitrogens is 2. The van der Waals surface area contributed by atoms with Gasteiger partial charge in [0.1, 0.15) is 0 Å². The Kier molecular flexibility index (Phi) is 5.81. The summed E-state index contributed by atoms with van der Waals surface area (Å²) in [5.74, 6) is -0.633. The first-order chi connectivity index (χ1) is 14.8. The van der Waals surface area contributed by atoms with Crippen LogP contribution in [0.4, 0.5) is 5.13 Å². The molecule has 1 atom stereocenters. The highest BCUT2D eigenvalue weighted by molar-refractivity contribution is 7.93. The van der Waals surface area contributed by atoms with E-state index in [0.29, 0.717) is 30.0 Å². The van der Waals surface area contributed by atoms with E-state index in [-0.39, 0.29) is 11.2 Å². The van der Waals surface area contributed by atoms with Crippen molar-refractivity contribution in [3.05, 3.63) is 64.4 Å². The number of thiazole rings is 1. The fourth-order valence-electron chi connectivity index (χ4n) is 3.63. The third-order valence-electron chi connectivity index (χ3n) is 5.38. The van der Waals surface area contributed by atoms with E-state index < -0.39 is 15.9 Å². The van der Waals surface area contributed by atoms with Gasteiger partial charge in [0.05, 0.1) is 10.9 Å². The molecule has 0 bridgehead atoms. The lowest BCUT2D eigenvalue weighted by molar-refractivity contribution is 0.1000. The van der Waals surface area contributed by atoms with Gasteiger partial charge in [-0.15, -0.1) is 11.3 Å². The van der Waals surface area contributed by atoms with Gasteiger partial charge in [-0.3, -0.25) is 14.5 Å². The normalized spacial score (nSPS) is 14.9. The molecule has 1 saturated carbocycles. The minimum absolute atomic E-state index is 0.134. The largest absolute Gasteiger partial charge is 0.366 e. The van der Waals surface area contributed by atoms with E-state index in [1.807, 2.05) is 37.4 Å². The molecule has 9 heteroatoms. The van der Waals surface area contributed by atoms with Crippen molar-refractivity contribution in [3.63, 3.8) is 0 Å². The van der Waals surface area contributed by atoms with Gasteiger partial charge >= 0.3 is 0 Å². The summed E-state index contributed by atoms with van der Waals surface area (Å²) in [5.41, 5.74) is 10.5. The molecule has 1 aliphatic carbocycles. The zero-order valence-corrected chi connectivity index (χ0v) is 19.0. The lowest BCUT2D eigenvalue weighted by Gasteiger charge is -2.19. The van der Waals surface area contributed by atoms with E-state index in [2.05, 4.69) is 14.7 Å². The maximum Gasteiger partial charge on any atom is 0.248 e. The van der Waals surface area contributed by atoms with Gasteiger partial charge in [-0.1, -0.05) is 13.0 Å². The van der Waals surface area contributed by atoms with Crippen LogP contribution in [0.15, 0.2) is 42.0 Å². The number of primary amides is 1. The van der Waals surface area contributed by atoms with Gasteiger partial charge in [-0.2, -0.15) is 0 Å². The molecule has 31 heavy (non-hydrogen) atoms. The number of nitrogens with zero attached hydrogens (tertiary/aromatic N) is 2. The number of hydrogen-bond donors (Lipinski definition) is 2. The van der Waals surface area contributed by atoms with Crippen LogP contribution in [0, 0.1) is 6.92 Å². The van der Waals surface area contributed by atoms with Crippen molar-refractivity contribution in [2.45, 2.75) is 44.3 Å². The molecule has 1 amide bonds. The number of carbonyl (C=O) groups excluding carboxylic acids is 1. The van der Waals surface area contributed by atoms with Crippen molar-refractivity contribution in [3.8, 4) is 11.1 Å². The molecule has 1 aliphatic rings. The van der Waals surface area contributed by atoms with Gasteiger partial charge in [0.15, 0.2) is 5.13 Å². The SMILES string of the molecule is CCC(c1csc(NS(=O)(=O)C2CC2)n1)c1cc(C(N)=O)ccc1-c1cncc(C)c1. The van der Waals surface area contributed by atoms with Gasteiger partial charge in [0.25, 0.3) is 0 Å². The number of sulfonamides is 1. The molecule has 0 aliphatic heterocycles. The zero-order chi connectivity index (χ0) is 22.2. The van der Waals surface area contributed by atoms with Crippen molar-refractivity contribution < 1.29 is 13.2 Å². The van der Waals surface area contributed by atoms with Crippen LogP contribution in [0.25, 0.3) is 11.1 Å². The van der Waals surface area contributed by atoms with E-state index in [0.717, 1.165) is 27.9 Å². The van der Waals surface area contributed by atoms with Crippen LogP contribution in [-0.4, -0.2) is 29.5 Å². The van der Waals surface area contributed by atoms with E-state index in [9.17, 15) is 13.2 Å². The quantitative estimate of drug-likeness (QED) is 0.530. The van der Waals surface area contributed by atoms with Crippen molar-refractivity contribution in [1.82, 2.24) is 9.97 Å². The van der Waals surface area contributed by atoms with Gasteiger partial charge in [-0.05, 0) is 61.1 Å². The van der Waals surface area contributed by atoms with Gasteiger partial charge in [-0.25, -0.2) is 13.4 Å². The standard InChI is InChI=1S/C22H24N4O3S2/c1-3-17(20-12-30-22(25-20)26-31(28,29)16-5-6-16)19-9-14(21(23)27)4-7-18(19)15-8-13(2)10-24-11-15/h4,7-12,16-17H,3,5-6H2,1-2H3,(H2,23,27)(H,25,26). The summed E-state index contributed by atoms with van der Waals surface area (Å²) in [6, 6.07) is 7.45. The minimum Gasteiger partial charge on any atom is -0.366 e. The molecule has 162 valence electrons. The topological polar surface area (TPSA) is 115 Å². The van der Waals surface area contributed by atoms with Crippen LogP contribution in [-0.2, 0) is 10.0 Å². The number of carbonyl (C=O) groups is 1. The van der Waals surface area contributed by atoms with Crippen LogP contribution in [0.2, 0.25) is 0 Å². The fraction of sp³-hybridized carbons (Fsp3) is 0.318. The van der Waals surface area contributed by atoms with Gasteiger partial charge in [0, 0.05) is 34.8 Å². The minimum atomic E-state index is -3.37. The second kappa shape index (κ2) is 8.39. The van der Waals surface area contributed by atoms with E-state index in [1.165, 1.54) is 11.3 Å². The number of anilines is 1. The number of benzene rings is 1. The van der Waals surface area contributed by atoms with Gasteiger partial charge in [0.2, 0.25) is 15.9 Å². The monoisotopic (exact) mass is 456 g/mol. The maximum atomic E-state index is 12.3. The number of pyridine rings is 1. The van der Waals surface area contributed by atoms with Crippen LogP contribution in [0.3, 0.4) is 0 Å². The summed E-state index contributed by atoms with van der Waals surface area (Å²) < 4.78 is 27.1. The van der Waals surface area contributed by atoms with Crippen LogP contribution < -0.4 is 10.5 Å². The summed E-state index contributed by atoms with van der Waals surface area (Å²) in [7, 11) is -3.37. The molecular formula is C22H24N4O3S2.